The third-order valence-electron chi connectivity index (χ3n) is 2.23. The van der Waals surface area contributed by atoms with Gasteiger partial charge in [-0.15, -0.1) is 0 Å². The number of aldehydes is 1. The van der Waals surface area contributed by atoms with Crippen LogP contribution in [0.5, 0.6) is 5.75 Å². The van der Waals surface area contributed by atoms with Gasteiger partial charge in [0.05, 0.1) is 12.1 Å². The molecule has 0 aliphatic carbocycles. The lowest BCUT2D eigenvalue weighted by Crippen LogP contribution is -1.97. The summed E-state index contributed by atoms with van der Waals surface area (Å²) in [6.07, 6.45) is 1.29. The van der Waals surface area contributed by atoms with Crippen molar-refractivity contribution in [2.45, 2.75) is 19.3 Å². The van der Waals surface area contributed by atoms with E-state index in [9.17, 15) is 4.79 Å². The maximum Gasteiger partial charge on any atom is 0.139 e. The second-order valence-electron chi connectivity index (χ2n) is 3.31. The first-order valence-corrected chi connectivity index (χ1v) is 5.32. The lowest BCUT2D eigenvalue weighted by Gasteiger charge is -2.13. The molecule has 0 fully saturated rings. The Bertz CT molecular complexity index is 364. The molecular formula is C11H12Cl2O2. The second-order valence-corrected chi connectivity index (χ2v) is 4.13. The first kappa shape index (κ1) is 12.3. The molecule has 4 heteroatoms. The van der Waals surface area contributed by atoms with Crippen molar-refractivity contribution in [1.82, 2.24) is 0 Å². The Labute approximate surface area is 99.1 Å². The van der Waals surface area contributed by atoms with Crippen LogP contribution < -0.4 is 4.74 Å². The smallest absolute Gasteiger partial charge is 0.139 e. The number of ether oxygens (including phenoxy) is 1. The lowest BCUT2D eigenvalue weighted by molar-refractivity contribution is -0.108. The van der Waals surface area contributed by atoms with Crippen molar-refractivity contribution in [1.29, 1.82) is 0 Å². The van der Waals surface area contributed by atoms with Crippen molar-refractivity contribution < 1.29 is 9.53 Å². The predicted octanol–water partition coefficient (Wildman–Crippen LogP) is 3.69. The van der Waals surface area contributed by atoms with E-state index in [1.807, 2.05) is 6.92 Å². The van der Waals surface area contributed by atoms with Gasteiger partial charge in [0.25, 0.3) is 0 Å². The van der Waals surface area contributed by atoms with Crippen LogP contribution in [0.1, 0.15) is 24.8 Å². The molecule has 1 atom stereocenters. The summed E-state index contributed by atoms with van der Waals surface area (Å²) in [5, 5.41) is 1.08. The molecule has 82 valence electrons. The fourth-order valence-electron chi connectivity index (χ4n) is 1.36. The topological polar surface area (TPSA) is 26.3 Å². The van der Waals surface area contributed by atoms with Gasteiger partial charge in [-0.3, -0.25) is 0 Å². The van der Waals surface area contributed by atoms with E-state index in [4.69, 9.17) is 27.9 Å². The standard InChI is InChI=1S/C11H12Cl2O2/c1-7(3-4-14)9-5-8(12)6-10(15-2)11(9)13/h4-7H,3H2,1-2H3. The van der Waals surface area contributed by atoms with Crippen LogP contribution in [-0.4, -0.2) is 13.4 Å². The summed E-state index contributed by atoms with van der Waals surface area (Å²) in [4.78, 5) is 10.4. The number of methoxy groups -OCH3 is 1. The average Bonchev–Trinajstić information content (AvgIpc) is 2.21. The normalized spacial score (nSPS) is 12.3. The zero-order chi connectivity index (χ0) is 11.4. The molecule has 1 aromatic carbocycles. The Balaban J connectivity index is 3.16. The van der Waals surface area contributed by atoms with Gasteiger partial charge < -0.3 is 9.53 Å². The monoisotopic (exact) mass is 246 g/mol. The van der Waals surface area contributed by atoms with Crippen molar-refractivity contribution in [3.8, 4) is 5.75 Å². The highest BCUT2D eigenvalue weighted by molar-refractivity contribution is 6.35. The van der Waals surface area contributed by atoms with E-state index in [1.54, 1.807) is 12.1 Å². The molecule has 0 bridgehead atoms. The van der Waals surface area contributed by atoms with Gasteiger partial charge in [0.15, 0.2) is 0 Å². The first-order chi connectivity index (χ1) is 7.10. The zero-order valence-corrected chi connectivity index (χ0v) is 10.1. The molecule has 0 aliphatic heterocycles. The van der Waals surface area contributed by atoms with Gasteiger partial charge in [0.2, 0.25) is 0 Å². The van der Waals surface area contributed by atoms with Gasteiger partial charge in [-0.05, 0) is 17.5 Å². The molecule has 0 saturated carbocycles. The fourth-order valence-corrected chi connectivity index (χ4v) is 1.95. The molecule has 0 aromatic heterocycles. The van der Waals surface area contributed by atoms with Crippen LogP contribution >= 0.6 is 23.2 Å². The third-order valence-corrected chi connectivity index (χ3v) is 2.86. The molecule has 0 spiro atoms. The molecule has 0 heterocycles. The van der Waals surface area contributed by atoms with Crippen molar-refractivity contribution in [2.75, 3.05) is 7.11 Å². The molecule has 1 aromatic rings. The predicted molar refractivity (Wildman–Crippen MR) is 62.1 cm³/mol. The third kappa shape index (κ3) is 2.86. The van der Waals surface area contributed by atoms with Gasteiger partial charge in [-0.2, -0.15) is 0 Å². The number of halogens is 2. The average molecular weight is 247 g/mol. The van der Waals surface area contributed by atoms with Gasteiger partial charge in [-0.25, -0.2) is 0 Å². The highest BCUT2D eigenvalue weighted by Gasteiger charge is 2.14. The summed E-state index contributed by atoms with van der Waals surface area (Å²) >= 11 is 12.0. The maximum absolute atomic E-state index is 10.4. The number of rotatable bonds is 4. The van der Waals surface area contributed by atoms with Crippen LogP contribution in [-0.2, 0) is 4.79 Å². The van der Waals surface area contributed by atoms with Crippen LogP contribution in [0.4, 0.5) is 0 Å². The van der Waals surface area contributed by atoms with E-state index < -0.39 is 0 Å². The van der Waals surface area contributed by atoms with Crippen molar-refractivity contribution >= 4 is 29.5 Å². The summed E-state index contributed by atoms with van der Waals surface area (Å²) < 4.78 is 5.09. The summed E-state index contributed by atoms with van der Waals surface area (Å²) in [5.74, 6) is 0.583. The van der Waals surface area contributed by atoms with Crippen LogP contribution in [0.25, 0.3) is 0 Å². The zero-order valence-electron chi connectivity index (χ0n) is 8.59. The second kappa shape index (κ2) is 5.38. The first-order valence-electron chi connectivity index (χ1n) is 4.56. The molecule has 0 radical (unpaired) electrons. The van der Waals surface area contributed by atoms with E-state index in [1.165, 1.54) is 7.11 Å². The van der Waals surface area contributed by atoms with E-state index in [-0.39, 0.29) is 5.92 Å². The fraction of sp³-hybridized carbons (Fsp3) is 0.364. The van der Waals surface area contributed by atoms with E-state index in [2.05, 4.69) is 0 Å². The van der Waals surface area contributed by atoms with Gasteiger partial charge in [-0.1, -0.05) is 30.1 Å². The highest BCUT2D eigenvalue weighted by Crippen LogP contribution is 2.36. The lowest BCUT2D eigenvalue weighted by atomic mass is 9.98. The van der Waals surface area contributed by atoms with E-state index in [0.29, 0.717) is 22.2 Å². The highest BCUT2D eigenvalue weighted by atomic mass is 35.5. The summed E-state index contributed by atoms with van der Waals surface area (Å²) in [6, 6.07) is 3.42. The largest absolute Gasteiger partial charge is 0.495 e. The summed E-state index contributed by atoms with van der Waals surface area (Å²) in [5.41, 5.74) is 0.841. The minimum absolute atomic E-state index is 0.0441. The molecule has 0 amide bonds. The molecule has 15 heavy (non-hydrogen) atoms. The molecule has 1 rings (SSSR count). The summed E-state index contributed by atoms with van der Waals surface area (Å²) in [7, 11) is 1.53. The molecule has 0 saturated heterocycles. The SMILES string of the molecule is COc1cc(Cl)cc(C(C)CC=O)c1Cl. The van der Waals surface area contributed by atoms with Gasteiger partial charge in [0.1, 0.15) is 12.0 Å². The van der Waals surface area contributed by atoms with Crippen molar-refractivity contribution in [2.24, 2.45) is 0 Å². The van der Waals surface area contributed by atoms with Crippen LogP contribution in [0.3, 0.4) is 0 Å². The minimum atomic E-state index is 0.0441. The van der Waals surface area contributed by atoms with E-state index in [0.717, 1.165) is 11.8 Å². The molecule has 2 nitrogen and oxygen atoms in total. The summed E-state index contributed by atoms with van der Waals surface area (Å²) in [6.45, 7) is 1.92. The number of hydrogen-bond acceptors (Lipinski definition) is 2. The number of carbonyl (C=O) groups excluding carboxylic acids is 1. The number of hydrogen-bond donors (Lipinski definition) is 0. The quantitative estimate of drug-likeness (QED) is 0.758. The van der Waals surface area contributed by atoms with Crippen molar-refractivity contribution in [3.05, 3.63) is 27.7 Å². The molecular weight excluding hydrogens is 235 g/mol. The van der Waals surface area contributed by atoms with E-state index >= 15 is 0 Å². The van der Waals surface area contributed by atoms with Crippen LogP contribution in [0, 0.1) is 0 Å². The van der Waals surface area contributed by atoms with Gasteiger partial charge >= 0.3 is 0 Å². The number of benzene rings is 1. The molecule has 0 N–H and O–H groups in total. The molecule has 0 aliphatic rings. The Morgan fingerprint density at radius 3 is 2.67 bits per heavy atom. The van der Waals surface area contributed by atoms with Crippen LogP contribution in [0.15, 0.2) is 12.1 Å². The Kier molecular flexibility index (Phi) is 4.43. The maximum atomic E-state index is 10.4. The minimum Gasteiger partial charge on any atom is -0.495 e. The van der Waals surface area contributed by atoms with Crippen molar-refractivity contribution in [3.63, 3.8) is 0 Å². The number of carbonyl (C=O) groups is 1. The Morgan fingerprint density at radius 2 is 2.13 bits per heavy atom. The van der Waals surface area contributed by atoms with Gasteiger partial charge in [0, 0.05) is 17.5 Å². The Hall–Kier alpha value is -0.730. The Morgan fingerprint density at radius 1 is 1.47 bits per heavy atom. The molecule has 1 unspecified atom stereocenters. The van der Waals surface area contributed by atoms with Crippen LogP contribution in [0.2, 0.25) is 10.0 Å².